The highest BCUT2D eigenvalue weighted by Crippen LogP contribution is 2.65. The Hall–Kier alpha value is -3.54. The summed E-state index contributed by atoms with van der Waals surface area (Å²) in [6, 6.07) is 16.8. The van der Waals surface area contributed by atoms with Gasteiger partial charge in [0.05, 0.1) is 11.8 Å². The molecule has 34 heavy (non-hydrogen) atoms. The molecule has 0 spiro atoms. The maximum atomic E-state index is 13.6. The first kappa shape index (κ1) is 21.0. The van der Waals surface area contributed by atoms with Crippen molar-refractivity contribution in [2.24, 2.45) is 35.5 Å². The van der Waals surface area contributed by atoms with E-state index in [1.165, 1.54) is 0 Å². The number of likely N-dealkylation sites (tertiary alicyclic amines) is 1. The third kappa shape index (κ3) is 3.31. The highest BCUT2D eigenvalue weighted by Gasteiger charge is 2.68. The third-order valence-electron chi connectivity index (χ3n) is 7.99. The molecule has 1 aliphatic heterocycles. The van der Waals surface area contributed by atoms with Crippen molar-refractivity contribution >= 4 is 23.6 Å². The zero-order valence-electron chi connectivity index (χ0n) is 18.6. The Morgan fingerprint density at radius 3 is 2.00 bits per heavy atom. The number of imide groups is 1. The standard InChI is InChI=1S/C28H25NO5/c30-23(17-9-5-2-6-10-17)15-34-28(33)22(13-16-7-3-1-4-8-16)29-26(31)24-18-11-12-19(21-14-20(18)21)25(24)27(29)32/h1-12,18-22,24-25H,13-15H2/t18-,19-,20-,21-,22+,24+,25+/m1/s1. The molecule has 2 bridgehead atoms. The number of benzene rings is 2. The molecule has 0 radical (unpaired) electrons. The largest absolute Gasteiger partial charge is 0.456 e. The number of hydrogen-bond donors (Lipinski definition) is 0. The van der Waals surface area contributed by atoms with Gasteiger partial charge in [0, 0.05) is 12.0 Å². The van der Waals surface area contributed by atoms with Crippen LogP contribution in [0.5, 0.6) is 0 Å². The molecule has 172 valence electrons. The molecule has 0 N–H and O–H groups in total. The van der Waals surface area contributed by atoms with Gasteiger partial charge in [-0.25, -0.2) is 4.79 Å². The maximum Gasteiger partial charge on any atom is 0.330 e. The van der Waals surface area contributed by atoms with Gasteiger partial charge in [0.1, 0.15) is 6.04 Å². The lowest BCUT2D eigenvalue weighted by Crippen LogP contribution is -2.48. The molecular weight excluding hydrogens is 430 g/mol. The number of carbonyl (C=O) groups is 4. The van der Waals surface area contributed by atoms with Gasteiger partial charge in [-0.1, -0.05) is 72.8 Å². The second kappa shape index (κ2) is 8.05. The van der Waals surface area contributed by atoms with Gasteiger partial charge in [-0.15, -0.1) is 0 Å². The molecule has 0 aromatic heterocycles. The normalized spacial score (nSPS) is 31.1. The Morgan fingerprint density at radius 2 is 1.41 bits per heavy atom. The summed E-state index contributed by atoms with van der Waals surface area (Å²) >= 11 is 0. The number of amides is 2. The van der Waals surface area contributed by atoms with Crippen LogP contribution in [0.4, 0.5) is 0 Å². The van der Waals surface area contributed by atoms with Crippen LogP contribution in [0, 0.1) is 35.5 Å². The van der Waals surface area contributed by atoms with Crippen LogP contribution in [0.15, 0.2) is 72.8 Å². The Labute approximate surface area is 197 Å². The molecule has 1 heterocycles. The van der Waals surface area contributed by atoms with Gasteiger partial charge in [0.25, 0.3) is 0 Å². The first-order chi connectivity index (χ1) is 16.5. The molecule has 2 saturated carbocycles. The van der Waals surface area contributed by atoms with Crippen LogP contribution in [0.3, 0.4) is 0 Å². The van der Waals surface area contributed by atoms with Gasteiger partial charge in [0.15, 0.2) is 12.4 Å². The fourth-order valence-corrected chi connectivity index (χ4v) is 6.34. The van der Waals surface area contributed by atoms with E-state index in [2.05, 4.69) is 12.2 Å². The van der Waals surface area contributed by atoms with E-state index in [4.69, 9.17) is 4.74 Å². The van der Waals surface area contributed by atoms with E-state index < -0.39 is 18.6 Å². The lowest BCUT2D eigenvalue weighted by molar-refractivity contribution is -0.158. The lowest BCUT2D eigenvalue weighted by atomic mass is 9.63. The van der Waals surface area contributed by atoms with Crippen molar-refractivity contribution in [1.82, 2.24) is 4.90 Å². The smallest absolute Gasteiger partial charge is 0.330 e. The third-order valence-corrected chi connectivity index (χ3v) is 7.99. The summed E-state index contributed by atoms with van der Waals surface area (Å²) in [5, 5.41) is 0. The zero-order chi connectivity index (χ0) is 23.4. The number of ketones is 1. The number of rotatable bonds is 7. The predicted octanol–water partition coefficient (Wildman–Crippen LogP) is 3.08. The van der Waals surface area contributed by atoms with Crippen molar-refractivity contribution in [3.8, 4) is 0 Å². The Balaban J connectivity index is 1.26. The van der Waals surface area contributed by atoms with Crippen molar-refractivity contribution < 1.29 is 23.9 Å². The van der Waals surface area contributed by atoms with Crippen LogP contribution in [0.25, 0.3) is 0 Å². The number of allylic oxidation sites excluding steroid dienone is 2. The number of nitrogens with zero attached hydrogens (tertiary/aromatic N) is 1. The molecule has 5 aliphatic rings. The molecule has 0 unspecified atom stereocenters. The summed E-state index contributed by atoms with van der Waals surface area (Å²) in [5.41, 5.74) is 1.26. The summed E-state index contributed by atoms with van der Waals surface area (Å²) in [7, 11) is 0. The van der Waals surface area contributed by atoms with Crippen LogP contribution in [0.1, 0.15) is 22.3 Å². The van der Waals surface area contributed by atoms with E-state index in [0.29, 0.717) is 17.4 Å². The Kier molecular flexibility index (Phi) is 4.97. The van der Waals surface area contributed by atoms with Crippen LogP contribution < -0.4 is 0 Å². The van der Waals surface area contributed by atoms with Crippen LogP contribution in [-0.4, -0.2) is 41.1 Å². The minimum absolute atomic E-state index is 0.0782. The maximum absolute atomic E-state index is 13.6. The van der Waals surface area contributed by atoms with Gasteiger partial charge < -0.3 is 4.74 Å². The van der Waals surface area contributed by atoms with Crippen molar-refractivity contribution in [3.63, 3.8) is 0 Å². The summed E-state index contributed by atoms with van der Waals surface area (Å²) in [5.74, 6) is -1.25. The number of ether oxygens (including phenoxy) is 1. The van der Waals surface area contributed by atoms with E-state index in [1.807, 2.05) is 30.3 Å². The second-order valence-corrected chi connectivity index (χ2v) is 9.80. The number of hydrogen-bond acceptors (Lipinski definition) is 5. The summed E-state index contributed by atoms with van der Waals surface area (Å²) < 4.78 is 5.40. The van der Waals surface area contributed by atoms with E-state index in [-0.39, 0.29) is 47.7 Å². The number of carbonyl (C=O) groups excluding carboxylic acids is 4. The molecule has 1 saturated heterocycles. The highest BCUT2D eigenvalue weighted by molar-refractivity contribution is 6.09. The molecule has 2 aromatic carbocycles. The molecule has 6 nitrogen and oxygen atoms in total. The predicted molar refractivity (Wildman–Crippen MR) is 122 cm³/mol. The van der Waals surface area contributed by atoms with Gasteiger partial charge in [0.2, 0.25) is 11.8 Å². The molecule has 6 heteroatoms. The number of Topliss-reactive ketones (excluding diaryl/α,β-unsaturated/α-hetero) is 1. The topological polar surface area (TPSA) is 80.8 Å². The van der Waals surface area contributed by atoms with Gasteiger partial charge in [-0.2, -0.15) is 0 Å². The Morgan fingerprint density at radius 1 is 0.853 bits per heavy atom. The molecule has 4 aliphatic carbocycles. The molecule has 7 atom stereocenters. The van der Waals surface area contributed by atoms with Gasteiger partial charge in [-0.3, -0.25) is 19.3 Å². The van der Waals surface area contributed by atoms with Crippen molar-refractivity contribution in [1.29, 1.82) is 0 Å². The fourth-order valence-electron chi connectivity index (χ4n) is 6.34. The minimum Gasteiger partial charge on any atom is -0.456 e. The van der Waals surface area contributed by atoms with E-state index in [1.54, 1.807) is 30.3 Å². The SMILES string of the molecule is O=C(COC(=O)[C@H](Cc1ccccc1)N1C(=O)[C@H]2[C@@H]3C=C[C@H]([C@H]4C[C@H]34)[C@@H]2C1=O)c1ccccc1. The monoisotopic (exact) mass is 455 g/mol. The summed E-state index contributed by atoms with van der Waals surface area (Å²) in [6.07, 6.45) is 5.45. The minimum atomic E-state index is -1.09. The average Bonchev–Trinajstić information content (AvgIpc) is 3.65. The highest BCUT2D eigenvalue weighted by atomic mass is 16.5. The van der Waals surface area contributed by atoms with Crippen LogP contribution in [-0.2, 0) is 25.5 Å². The second-order valence-electron chi connectivity index (χ2n) is 9.80. The van der Waals surface area contributed by atoms with Gasteiger partial charge >= 0.3 is 5.97 Å². The summed E-state index contributed by atoms with van der Waals surface area (Å²) in [4.78, 5) is 54.1. The van der Waals surface area contributed by atoms with E-state index in [0.717, 1.165) is 16.9 Å². The zero-order valence-corrected chi connectivity index (χ0v) is 18.6. The molecule has 2 amide bonds. The molecule has 7 rings (SSSR count). The van der Waals surface area contributed by atoms with Crippen LogP contribution >= 0.6 is 0 Å². The Bertz CT molecular complexity index is 1150. The first-order valence-corrected chi connectivity index (χ1v) is 11.9. The lowest BCUT2D eigenvalue weighted by Gasteiger charge is -2.37. The molecule has 2 aromatic rings. The average molecular weight is 456 g/mol. The quantitative estimate of drug-likeness (QED) is 0.277. The van der Waals surface area contributed by atoms with Crippen molar-refractivity contribution in [2.45, 2.75) is 18.9 Å². The number of esters is 1. The van der Waals surface area contributed by atoms with Gasteiger partial charge in [-0.05, 0) is 35.7 Å². The summed E-state index contributed by atoms with van der Waals surface area (Å²) in [6.45, 7) is -0.436. The van der Waals surface area contributed by atoms with Crippen molar-refractivity contribution in [2.75, 3.05) is 6.61 Å². The van der Waals surface area contributed by atoms with E-state index >= 15 is 0 Å². The molecule has 3 fully saturated rings. The van der Waals surface area contributed by atoms with E-state index in [9.17, 15) is 19.2 Å². The fraction of sp³-hybridized carbons (Fsp3) is 0.357. The van der Waals surface area contributed by atoms with Crippen LogP contribution in [0.2, 0.25) is 0 Å². The first-order valence-electron chi connectivity index (χ1n) is 11.9. The van der Waals surface area contributed by atoms with Crippen molar-refractivity contribution in [3.05, 3.63) is 83.9 Å². The molecular formula is C28H25NO5.